The zero-order valence-corrected chi connectivity index (χ0v) is 12.5. The van der Waals surface area contributed by atoms with Crippen LogP contribution in [0.1, 0.15) is 39.5 Å². The van der Waals surface area contributed by atoms with Gasteiger partial charge in [0, 0.05) is 32.2 Å². The second kappa shape index (κ2) is 6.43. The van der Waals surface area contributed by atoms with Gasteiger partial charge in [-0.25, -0.2) is 4.79 Å². The first-order chi connectivity index (χ1) is 9.57. The van der Waals surface area contributed by atoms with Gasteiger partial charge in [0.25, 0.3) is 0 Å². The molecule has 1 unspecified atom stereocenters. The fourth-order valence-corrected chi connectivity index (χ4v) is 3.21. The molecular weight excluding hydrogens is 256 g/mol. The van der Waals surface area contributed by atoms with E-state index in [0.717, 1.165) is 45.3 Å². The van der Waals surface area contributed by atoms with Crippen LogP contribution < -0.4 is 16.0 Å². The summed E-state index contributed by atoms with van der Waals surface area (Å²) in [5.41, 5.74) is -0.684. The fraction of sp³-hybridized carbons (Fsp3) is 0.857. The molecular formula is C14H26N4O2. The average molecular weight is 282 g/mol. The smallest absolute Gasteiger partial charge is 0.315 e. The van der Waals surface area contributed by atoms with E-state index in [2.05, 4.69) is 22.9 Å². The van der Waals surface area contributed by atoms with E-state index in [1.54, 1.807) is 0 Å². The van der Waals surface area contributed by atoms with Crippen LogP contribution >= 0.6 is 0 Å². The van der Waals surface area contributed by atoms with Crippen LogP contribution in [0, 0.1) is 0 Å². The highest BCUT2D eigenvalue weighted by Crippen LogP contribution is 2.31. The molecule has 0 spiro atoms. The first-order valence-corrected chi connectivity index (χ1v) is 7.66. The molecule has 0 aromatic carbocycles. The number of hydrogen-bond donors (Lipinski definition) is 3. The van der Waals surface area contributed by atoms with Crippen molar-refractivity contribution in [3.8, 4) is 0 Å². The zero-order valence-electron chi connectivity index (χ0n) is 12.5. The SMILES string of the molecule is CCNC(=O)NC1(C(=O)N2CCNC(C)C2)CCCC1. The van der Waals surface area contributed by atoms with Crippen molar-refractivity contribution in [2.75, 3.05) is 26.2 Å². The highest BCUT2D eigenvalue weighted by molar-refractivity contribution is 5.91. The summed E-state index contributed by atoms with van der Waals surface area (Å²) in [6.45, 7) is 6.79. The molecule has 6 nitrogen and oxygen atoms in total. The van der Waals surface area contributed by atoms with Gasteiger partial charge in [-0.2, -0.15) is 0 Å². The predicted octanol–water partition coefficient (Wildman–Crippen LogP) is 0.439. The quantitative estimate of drug-likeness (QED) is 0.703. The molecule has 2 rings (SSSR count). The van der Waals surface area contributed by atoms with Gasteiger partial charge >= 0.3 is 6.03 Å². The van der Waals surface area contributed by atoms with Crippen molar-refractivity contribution >= 4 is 11.9 Å². The van der Waals surface area contributed by atoms with E-state index in [-0.39, 0.29) is 11.9 Å². The van der Waals surface area contributed by atoms with Crippen molar-refractivity contribution in [1.82, 2.24) is 20.9 Å². The average Bonchev–Trinajstić information content (AvgIpc) is 2.87. The van der Waals surface area contributed by atoms with E-state index in [9.17, 15) is 9.59 Å². The van der Waals surface area contributed by atoms with Gasteiger partial charge in [-0.05, 0) is 26.7 Å². The van der Waals surface area contributed by atoms with Gasteiger partial charge < -0.3 is 20.9 Å². The van der Waals surface area contributed by atoms with Crippen molar-refractivity contribution in [2.24, 2.45) is 0 Å². The maximum Gasteiger partial charge on any atom is 0.315 e. The lowest BCUT2D eigenvalue weighted by Gasteiger charge is -2.39. The Balaban J connectivity index is 2.06. The minimum atomic E-state index is -0.684. The minimum Gasteiger partial charge on any atom is -0.338 e. The second-order valence-electron chi connectivity index (χ2n) is 5.88. The van der Waals surface area contributed by atoms with Crippen LogP contribution in [-0.2, 0) is 4.79 Å². The van der Waals surface area contributed by atoms with Crippen LogP contribution in [0.2, 0.25) is 0 Å². The van der Waals surface area contributed by atoms with Gasteiger partial charge in [0.2, 0.25) is 5.91 Å². The molecule has 1 saturated carbocycles. The third-order valence-corrected chi connectivity index (χ3v) is 4.21. The van der Waals surface area contributed by atoms with Gasteiger partial charge in [0.15, 0.2) is 0 Å². The van der Waals surface area contributed by atoms with Gasteiger partial charge in [0.1, 0.15) is 5.54 Å². The Labute approximate surface area is 120 Å². The normalized spacial score (nSPS) is 25.3. The Morgan fingerprint density at radius 1 is 1.35 bits per heavy atom. The number of rotatable bonds is 3. The third kappa shape index (κ3) is 3.23. The number of nitrogens with one attached hydrogen (secondary N) is 3. The Hall–Kier alpha value is -1.30. The van der Waals surface area contributed by atoms with Crippen LogP contribution in [0.15, 0.2) is 0 Å². The van der Waals surface area contributed by atoms with Crippen LogP contribution in [0.3, 0.4) is 0 Å². The lowest BCUT2D eigenvalue weighted by molar-refractivity contribution is -0.139. The summed E-state index contributed by atoms with van der Waals surface area (Å²) in [4.78, 5) is 26.6. The molecule has 2 fully saturated rings. The molecule has 2 aliphatic rings. The third-order valence-electron chi connectivity index (χ3n) is 4.21. The summed E-state index contributed by atoms with van der Waals surface area (Å²) in [7, 11) is 0. The molecule has 3 amide bonds. The molecule has 114 valence electrons. The highest BCUT2D eigenvalue weighted by Gasteiger charge is 2.45. The Morgan fingerprint density at radius 2 is 2.05 bits per heavy atom. The van der Waals surface area contributed by atoms with Gasteiger partial charge in [-0.1, -0.05) is 12.8 Å². The number of carbonyl (C=O) groups excluding carboxylic acids is 2. The second-order valence-corrected chi connectivity index (χ2v) is 5.88. The first-order valence-electron chi connectivity index (χ1n) is 7.66. The number of amides is 3. The number of carbonyl (C=O) groups is 2. The number of hydrogen-bond acceptors (Lipinski definition) is 3. The summed E-state index contributed by atoms with van der Waals surface area (Å²) in [5, 5.41) is 9.01. The Bertz CT molecular complexity index is 366. The zero-order chi connectivity index (χ0) is 14.6. The minimum absolute atomic E-state index is 0.0922. The van der Waals surface area contributed by atoms with E-state index in [1.165, 1.54) is 0 Å². The van der Waals surface area contributed by atoms with Crippen molar-refractivity contribution in [3.63, 3.8) is 0 Å². The van der Waals surface area contributed by atoms with Crippen LogP contribution in [-0.4, -0.2) is 54.6 Å². The van der Waals surface area contributed by atoms with Crippen molar-refractivity contribution < 1.29 is 9.59 Å². The van der Waals surface area contributed by atoms with Gasteiger partial charge in [0.05, 0.1) is 0 Å². The molecule has 6 heteroatoms. The van der Waals surface area contributed by atoms with E-state index >= 15 is 0 Å². The molecule has 1 heterocycles. The van der Waals surface area contributed by atoms with Crippen LogP contribution in [0.25, 0.3) is 0 Å². The van der Waals surface area contributed by atoms with Crippen molar-refractivity contribution in [1.29, 1.82) is 0 Å². The topological polar surface area (TPSA) is 73.5 Å². The summed E-state index contributed by atoms with van der Waals surface area (Å²) < 4.78 is 0. The maximum absolute atomic E-state index is 12.9. The lowest BCUT2D eigenvalue weighted by Crippen LogP contribution is -2.63. The van der Waals surface area contributed by atoms with E-state index in [1.807, 2.05) is 11.8 Å². The molecule has 1 saturated heterocycles. The molecule has 0 aromatic heterocycles. The first kappa shape index (κ1) is 15.1. The number of urea groups is 1. The molecule has 1 atom stereocenters. The molecule has 1 aliphatic carbocycles. The monoisotopic (exact) mass is 282 g/mol. The summed E-state index contributed by atoms with van der Waals surface area (Å²) in [6.07, 6.45) is 3.50. The predicted molar refractivity (Wildman–Crippen MR) is 77.5 cm³/mol. The van der Waals surface area contributed by atoms with E-state index in [4.69, 9.17) is 0 Å². The summed E-state index contributed by atoms with van der Waals surface area (Å²) in [6, 6.07) is 0.0848. The molecule has 1 aliphatic heterocycles. The standard InChI is InChI=1S/C14H26N4O2/c1-3-15-13(20)17-14(6-4-5-7-14)12(19)18-9-8-16-11(2)10-18/h11,16H,3-10H2,1-2H3,(H2,15,17,20). The molecule has 3 N–H and O–H groups in total. The van der Waals surface area contributed by atoms with Crippen molar-refractivity contribution in [3.05, 3.63) is 0 Å². The highest BCUT2D eigenvalue weighted by atomic mass is 16.2. The van der Waals surface area contributed by atoms with E-state index < -0.39 is 5.54 Å². The summed E-state index contributed by atoms with van der Waals surface area (Å²) >= 11 is 0. The van der Waals surface area contributed by atoms with Gasteiger partial charge in [-0.15, -0.1) is 0 Å². The number of piperazine rings is 1. The number of nitrogens with zero attached hydrogens (tertiary/aromatic N) is 1. The maximum atomic E-state index is 12.9. The molecule has 0 radical (unpaired) electrons. The fourth-order valence-electron chi connectivity index (χ4n) is 3.21. The van der Waals surface area contributed by atoms with Gasteiger partial charge in [-0.3, -0.25) is 4.79 Å². The molecule has 20 heavy (non-hydrogen) atoms. The Kier molecular flexibility index (Phi) is 4.86. The largest absolute Gasteiger partial charge is 0.338 e. The van der Waals surface area contributed by atoms with Crippen LogP contribution in [0.4, 0.5) is 4.79 Å². The van der Waals surface area contributed by atoms with Crippen molar-refractivity contribution in [2.45, 2.75) is 51.1 Å². The van der Waals surface area contributed by atoms with Crippen LogP contribution in [0.5, 0.6) is 0 Å². The molecule has 0 aromatic rings. The summed E-state index contributed by atoms with van der Waals surface area (Å²) in [5.74, 6) is 0.0922. The van der Waals surface area contributed by atoms with E-state index in [0.29, 0.717) is 12.6 Å². The molecule has 0 bridgehead atoms. The Morgan fingerprint density at radius 3 is 2.65 bits per heavy atom. The lowest BCUT2D eigenvalue weighted by atomic mass is 9.95.